The Bertz CT molecular complexity index is 2230. The van der Waals surface area contributed by atoms with Gasteiger partial charge in [-0.1, -0.05) is 103 Å². The van der Waals surface area contributed by atoms with Crippen molar-refractivity contribution < 1.29 is 24.5 Å². The van der Waals surface area contributed by atoms with Gasteiger partial charge in [0.15, 0.2) is 0 Å². The quantitative estimate of drug-likeness (QED) is 0.163. The van der Waals surface area contributed by atoms with Crippen LogP contribution in [0.15, 0.2) is 156 Å². The van der Waals surface area contributed by atoms with Crippen molar-refractivity contribution >= 4 is 21.9 Å². The number of fused-ring (bicyclic) bond motifs is 3. The van der Waals surface area contributed by atoms with Crippen LogP contribution in [-0.2, 0) is 20.1 Å². The fraction of sp³-hybridized carbons (Fsp3) is 0.0698. The normalized spacial score (nSPS) is 11.4. The van der Waals surface area contributed by atoms with E-state index in [9.17, 15) is 0 Å². The fourth-order valence-corrected chi connectivity index (χ4v) is 5.79. The van der Waals surface area contributed by atoms with E-state index in [1.54, 1.807) is 0 Å². The largest absolute Gasteiger partial charge is 0.500 e. The summed E-state index contributed by atoms with van der Waals surface area (Å²) < 4.78 is 5.89. The first-order valence-electron chi connectivity index (χ1n) is 15.5. The number of pyridine rings is 2. The number of rotatable bonds is 5. The van der Waals surface area contributed by atoms with Gasteiger partial charge >= 0.3 is 0 Å². The Labute approximate surface area is 289 Å². The molecule has 3 nitrogen and oxygen atoms in total. The molecule has 231 valence electrons. The number of para-hydroxylation sites is 1. The zero-order valence-electron chi connectivity index (χ0n) is 26.1. The van der Waals surface area contributed by atoms with E-state index in [0.717, 1.165) is 50.0 Å². The molecule has 8 aromatic rings. The minimum atomic E-state index is 0. The maximum absolute atomic E-state index is 5.89. The van der Waals surface area contributed by atoms with Crippen LogP contribution in [0.3, 0.4) is 0 Å². The van der Waals surface area contributed by atoms with Gasteiger partial charge in [0.2, 0.25) is 0 Å². The van der Waals surface area contributed by atoms with Gasteiger partial charge in [0.1, 0.15) is 5.58 Å². The third-order valence-corrected chi connectivity index (χ3v) is 8.35. The summed E-state index contributed by atoms with van der Waals surface area (Å²) in [7, 11) is 0. The number of nitrogens with zero attached hydrogens (tertiary/aromatic N) is 2. The van der Waals surface area contributed by atoms with Gasteiger partial charge in [-0.2, -0.15) is 0 Å². The summed E-state index contributed by atoms with van der Waals surface area (Å²) in [5.41, 5.74) is 11.8. The second kappa shape index (κ2) is 14.5. The summed E-state index contributed by atoms with van der Waals surface area (Å²) in [6.45, 7) is 4.35. The van der Waals surface area contributed by atoms with Gasteiger partial charge in [0, 0.05) is 49.4 Å². The van der Waals surface area contributed by atoms with Crippen molar-refractivity contribution in [3.05, 3.63) is 181 Å². The Kier molecular flexibility index (Phi) is 9.83. The smallest absolute Gasteiger partial charge is 0.120 e. The van der Waals surface area contributed by atoms with Gasteiger partial charge in [-0.25, -0.2) is 0 Å². The number of aryl methyl sites for hydroxylation is 1. The van der Waals surface area contributed by atoms with Crippen LogP contribution in [0.4, 0.5) is 0 Å². The van der Waals surface area contributed by atoms with Crippen LogP contribution in [0.5, 0.6) is 0 Å². The maximum Gasteiger partial charge on any atom is 0.120 e. The number of benzene rings is 5. The molecule has 47 heavy (non-hydrogen) atoms. The molecule has 0 amide bonds. The van der Waals surface area contributed by atoms with Gasteiger partial charge < -0.3 is 14.4 Å². The molecule has 0 aliphatic heterocycles. The van der Waals surface area contributed by atoms with Crippen molar-refractivity contribution in [1.29, 1.82) is 0 Å². The SMILES string of the molecule is CC(c1ccccc1)c1ccnc(-c2[c-]cccc2)c1.Cc1cc(-c2[c-]cc3oc4ccccc4c3c2)ncc1-c1ccccc1.[Ir]. The number of hydrogen-bond donors (Lipinski definition) is 0. The van der Waals surface area contributed by atoms with Gasteiger partial charge in [-0.15, -0.1) is 59.7 Å². The van der Waals surface area contributed by atoms with Crippen LogP contribution in [0.2, 0.25) is 0 Å². The molecule has 5 aromatic carbocycles. The molecule has 0 aliphatic carbocycles. The van der Waals surface area contributed by atoms with E-state index in [1.165, 1.54) is 22.3 Å². The summed E-state index contributed by atoms with van der Waals surface area (Å²) in [6, 6.07) is 53.9. The number of furan rings is 1. The molecule has 0 saturated heterocycles. The van der Waals surface area contributed by atoms with E-state index in [0.29, 0.717) is 5.92 Å². The van der Waals surface area contributed by atoms with Crippen LogP contribution >= 0.6 is 0 Å². The van der Waals surface area contributed by atoms with E-state index in [2.05, 4.69) is 110 Å². The van der Waals surface area contributed by atoms with Crippen LogP contribution in [0, 0.1) is 19.1 Å². The molecule has 0 fully saturated rings. The molecule has 1 unspecified atom stereocenters. The van der Waals surface area contributed by atoms with E-state index in [1.807, 2.05) is 73.1 Å². The van der Waals surface area contributed by atoms with Crippen LogP contribution in [-0.4, -0.2) is 9.97 Å². The Morgan fingerprint density at radius 3 is 2.11 bits per heavy atom. The van der Waals surface area contributed by atoms with E-state index in [-0.39, 0.29) is 20.1 Å². The molecule has 0 N–H and O–H groups in total. The van der Waals surface area contributed by atoms with Crippen molar-refractivity contribution in [2.24, 2.45) is 0 Å². The van der Waals surface area contributed by atoms with Crippen LogP contribution in [0.25, 0.3) is 55.6 Å². The van der Waals surface area contributed by atoms with Gasteiger partial charge in [-0.3, -0.25) is 0 Å². The average Bonchev–Trinajstić information content (AvgIpc) is 3.51. The molecule has 3 aromatic heterocycles. The maximum atomic E-state index is 5.89. The fourth-order valence-electron chi connectivity index (χ4n) is 5.79. The van der Waals surface area contributed by atoms with Crippen molar-refractivity contribution in [3.8, 4) is 33.6 Å². The molecule has 0 bridgehead atoms. The molecule has 8 rings (SSSR count). The molecule has 1 radical (unpaired) electrons. The first-order valence-corrected chi connectivity index (χ1v) is 15.5. The molecule has 0 aliphatic rings. The predicted octanol–water partition coefficient (Wildman–Crippen LogP) is 11.1. The molecular formula is C43H32IrN2O-2. The molecule has 3 heterocycles. The van der Waals surface area contributed by atoms with Crippen LogP contribution in [0.1, 0.15) is 29.5 Å². The molecule has 1 atom stereocenters. The van der Waals surface area contributed by atoms with E-state index < -0.39 is 0 Å². The molecule has 0 spiro atoms. The standard InChI is InChI=1S/C24H16NO.C19H16N.Ir/c1-16-13-22(25-15-21(16)17-7-3-2-4-8-17)18-11-12-24-20(14-18)19-9-5-6-10-23(19)26-24;1-15(16-8-4-2-5-9-16)18-12-13-20-19(14-18)17-10-6-3-7-11-17;/h2-10,12-15H,1H3;2-10,12-15H,1H3;/q2*-1;. The first kappa shape index (κ1) is 31.8. The Hall–Kier alpha value is -5.15. The number of aromatic nitrogens is 2. The van der Waals surface area contributed by atoms with Gasteiger partial charge in [0.05, 0.1) is 5.58 Å². The summed E-state index contributed by atoms with van der Waals surface area (Å²) >= 11 is 0. The zero-order valence-corrected chi connectivity index (χ0v) is 28.5. The summed E-state index contributed by atoms with van der Waals surface area (Å²) in [5, 5.41) is 2.22. The second-order valence-corrected chi connectivity index (χ2v) is 11.4. The summed E-state index contributed by atoms with van der Waals surface area (Å²) in [4.78, 5) is 9.15. The summed E-state index contributed by atoms with van der Waals surface area (Å²) in [6.07, 6.45) is 3.83. The monoisotopic (exact) mass is 785 g/mol. The minimum absolute atomic E-state index is 0. The number of hydrogen-bond acceptors (Lipinski definition) is 3. The molecular weight excluding hydrogens is 753 g/mol. The third kappa shape index (κ3) is 7.00. The third-order valence-electron chi connectivity index (χ3n) is 8.35. The van der Waals surface area contributed by atoms with Crippen molar-refractivity contribution in [1.82, 2.24) is 9.97 Å². The topological polar surface area (TPSA) is 38.9 Å². The zero-order chi connectivity index (χ0) is 31.3. The van der Waals surface area contributed by atoms with Crippen molar-refractivity contribution in [2.45, 2.75) is 19.8 Å². The van der Waals surface area contributed by atoms with Crippen molar-refractivity contribution in [2.75, 3.05) is 0 Å². The Morgan fingerprint density at radius 1 is 0.617 bits per heavy atom. The molecule has 0 saturated carbocycles. The average molecular weight is 785 g/mol. The predicted molar refractivity (Wildman–Crippen MR) is 188 cm³/mol. The first-order chi connectivity index (χ1) is 22.6. The van der Waals surface area contributed by atoms with Gasteiger partial charge in [-0.05, 0) is 52.7 Å². The van der Waals surface area contributed by atoms with E-state index >= 15 is 0 Å². The van der Waals surface area contributed by atoms with Crippen LogP contribution < -0.4 is 0 Å². The second-order valence-electron chi connectivity index (χ2n) is 11.4. The molecule has 4 heteroatoms. The Balaban J connectivity index is 0.000000167. The van der Waals surface area contributed by atoms with Gasteiger partial charge in [0.25, 0.3) is 0 Å². The Morgan fingerprint density at radius 2 is 1.34 bits per heavy atom. The minimum Gasteiger partial charge on any atom is -0.500 e. The van der Waals surface area contributed by atoms with E-state index in [4.69, 9.17) is 9.40 Å². The van der Waals surface area contributed by atoms with Crippen molar-refractivity contribution in [3.63, 3.8) is 0 Å². The summed E-state index contributed by atoms with van der Waals surface area (Å²) in [5.74, 6) is 0.363.